The molecular weight excluding hydrogens is 477 g/mol. The molecule has 1 aromatic heterocycles. The van der Waals surface area contributed by atoms with Gasteiger partial charge in [-0.15, -0.1) is 0 Å². The lowest BCUT2D eigenvalue weighted by Crippen LogP contribution is -2.42. The molecule has 1 saturated carbocycles. The summed E-state index contributed by atoms with van der Waals surface area (Å²) in [5.74, 6) is -1.14. The van der Waals surface area contributed by atoms with Crippen molar-refractivity contribution in [2.45, 2.75) is 43.5 Å². The molecule has 10 heteroatoms. The SMILES string of the molecule is COc1ccc2cc(C3=NC4CCCC(OC(=O)C(F)(F)F)C4c4cc(OC)c(OC)cc43)[nH]c2c1. The van der Waals surface area contributed by atoms with Gasteiger partial charge in [0.05, 0.1) is 38.8 Å². The zero-order valence-corrected chi connectivity index (χ0v) is 19.9. The minimum absolute atomic E-state index is 0.313. The predicted octanol–water partition coefficient (Wildman–Crippen LogP) is 5.15. The van der Waals surface area contributed by atoms with Gasteiger partial charge in [-0.25, -0.2) is 4.79 Å². The summed E-state index contributed by atoms with van der Waals surface area (Å²) in [7, 11) is 4.60. The highest BCUT2D eigenvalue weighted by molar-refractivity contribution is 6.15. The smallest absolute Gasteiger partial charge is 0.490 e. The number of halogens is 3. The molecule has 1 fully saturated rings. The van der Waals surface area contributed by atoms with Gasteiger partial charge < -0.3 is 23.9 Å². The summed E-state index contributed by atoms with van der Waals surface area (Å²) >= 11 is 0. The molecule has 2 aromatic carbocycles. The van der Waals surface area contributed by atoms with Crippen LogP contribution in [0.2, 0.25) is 0 Å². The molecule has 3 aromatic rings. The average molecular weight is 502 g/mol. The van der Waals surface area contributed by atoms with Crippen LogP contribution in [0.25, 0.3) is 10.9 Å². The van der Waals surface area contributed by atoms with Crippen LogP contribution in [0.15, 0.2) is 41.4 Å². The highest BCUT2D eigenvalue weighted by Gasteiger charge is 2.47. The number of aromatic nitrogens is 1. The number of hydrogen-bond donors (Lipinski definition) is 1. The number of rotatable bonds is 5. The Morgan fingerprint density at radius 2 is 1.75 bits per heavy atom. The lowest BCUT2D eigenvalue weighted by Gasteiger charge is -2.40. The summed E-state index contributed by atoms with van der Waals surface area (Å²) in [6.45, 7) is 0. The van der Waals surface area contributed by atoms with Crippen LogP contribution in [0.5, 0.6) is 17.2 Å². The van der Waals surface area contributed by atoms with Crippen molar-refractivity contribution in [2.24, 2.45) is 4.99 Å². The number of aromatic amines is 1. The molecule has 1 N–H and O–H groups in total. The van der Waals surface area contributed by atoms with E-state index in [1.165, 1.54) is 14.2 Å². The second-order valence-electron chi connectivity index (χ2n) is 8.87. The van der Waals surface area contributed by atoms with E-state index in [2.05, 4.69) is 4.98 Å². The Hall–Kier alpha value is -3.69. The average Bonchev–Trinajstić information content (AvgIpc) is 3.29. The Morgan fingerprint density at radius 3 is 2.44 bits per heavy atom. The molecule has 0 spiro atoms. The summed E-state index contributed by atoms with van der Waals surface area (Å²) in [6, 6.07) is 10.8. The first-order chi connectivity index (χ1) is 17.2. The Kier molecular flexibility index (Phi) is 6.05. The second-order valence-corrected chi connectivity index (χ2v) is 8.87. The Bertz CT molecular complexity index is 1350. The Morgan fingerprint density at radius 1 is 1.00 bits per heavy atom. The number of fused-ring (bicyclic) bond motifs is 4. The van der Waals surface area contributed by atoms with Crippen LogP contribution in [-0.2, 0) is 9.53 Å². The summed E-state index contributed by atoms with van der Waals surface area (Å²) in [5.41, 5.74) is 3.66. The molecule has 1 aliphatic carbocycles. The maximum atomic E-state index is 13.0. The van der Waals surface area contributed by atoms with Crippen LogP contribution in [-0.4, -0.2) is 56.3 Å². The van der Waals surface area contributed by atoms with Gasteiger partial charge in [-0.1, -0.05) is 0 Å². The van der Waals surface area contributed by atoms with Crippen molar-refractivity contribution >= 4 is 22.6 Å². The third-order valence-electron chi connectivity index (χ3n) is 6.84. The molecule has 2 heterocycles. The molecular formula is C26H25F3N2O5. The van der Waals surface area contributed by atoms with Crippen molar-refractivity contribution in [2.75, 3.05) is 21.3 Å². The standard InChI is InChI=1S/C26H25F3N2O5/c1-33-14-8-7-13-9-19(30-18(13)10-14)24-16-12-22(35-3)21(34-2)11-15(16)23-17(31-24)5-4-6-20(23)36-25(32)26(27,28)29/h7-12,17,20,23,30H,4-6H2,1-3H3. The molecule has 0 bridgehead atoms. The Labute approximate surface area is 205 Å². The molecule has 3 atom stereocenters. The normalized spacial score (nSPS) is 21.3. The van der Waals surface area contributed by atoms with E-state index in [0.717, 1.165) is 16.6 Å². The van der Waals surface area contributed by atoms with Crippen LogP contribution in [0.1, 0.15) is 42.0 Å². The van der Waals surface area contributed by atoms with Gasteiger partial charge in [0.1, 0.15) is 11.9 Å². The minimum atomic E-state index is -5.07. The molecule has 36 heavy (non-hydrogen) atoms. The maximum Gasteiger partial charge on any atom is 0.490 e. The van der Waals surface area contributed by atoms with Gasteiger partial charge in [-0.3, -0.25) is 4.99 Å². The molecule has 0 amide bonds. The van der Waals surface area contributed by atoms with Crippen molar-refractivity contribution in [3.63, 3.8) is 0 Å². The second kappa shape index (κ2) is 9.07. The third kappa shape index (κ3) is 4.14. The Balaban J connectivity index is 1.64. The van der Waals surface area contributed by atoms with Crippen molar-refractivity contribution in [3.8, 4) is 17.2 Å². The van der Waals surface area contributed by atoms with Gasteiger partial charge in [0.15, 0.2) is 11.5 Å². The molecule has 3 unspecified atom stereocenters. The highest BCUT2D eigenvalue weighted by atomic mass is 19.4. The van der Waals surface area contributed by atoms with E-state index in [1.807, 2.05) is 24.3 Å². The first-order valence-electron chi connectivity index (χ1n) is 11.5. The number of esters is 1. The molecule has 7 nitrogen and oxygen atoms in total. The zero-order valence-electron chi connectivity index (χ0n) is 19.9. The van der Waals surface area contributed by atoms with Crippen LogP contribution in [0.4, 0.5) is 13.2 Å². The van der Waals surface area contributed by atoms with Crippen LogP contribution >= 0.6 is 0 Å². The summed E-state index contributed by atoms with van der Waals surface area (Å²) in [6.07, 6.45) is -4.49. The number of benzene rings is 2. The first kappa shape index (κ1) is 24.0. The van der Waals surface area contributed by atoms with E-state index in [4.69, 9.17) is 23.9 Å². The fourth-order valence-electron chi connectivity index (χ4n) is 5.21. The fraction of sp³-hybridized carbons (Fsp3) is 0.385. The minimum Gasteiger partial charge on any atom is -0.497 e. The molecule has 5 rings (SSSR count). The van der Waals surface area contributed by atoms with Crippen LogP contribution in [0, 0.1) is 0 Å². The largest absolute Gasteiger partial charge is 0.497 e. The molecule has 0 radical (unpaired) electrons. The first-order valence-corrected chi connectivity index (χ1v) is 11.5. The number of carbonyl (C=O) groups excluding carboxylic acids is 1. The lowest BCUT2D eigenvalue weighted by atomic mass is 9.73. The van der Waals surface area contributed by atoms with Gasteiger partial charge in [-0.2, -0.15) is 13.2 Å². The molecule has 2 aliphatic rings. The van der Waals surface area contributed by atoms with E-state index < -0.39 is 24.2 Å². The van der Waals surface area contributed by atoms with Crippen molar-refractivity contribution in [3.05, 3.63) is 53.2 Å². The topological polar surface area (TPSA) is 82.1 Å². The van der Waals surface area contributed by atoms with E-state index in [1.54, 1.807) is 19.2 Å². The number of alkyl halides is 3. The highest BCUT2D eigenvalue weighted by Crippen LogP contribution is 2.46. The number of H-pyrrole nitrogens is 1. The summed E-state index contributed by atoms with van der Waals surface area (Å²) < 4.78 is 60.4. The molecule has 190 valence electrons. The van der Waals surface area contributed by atoms with Gasteiger partial charge in [-0.05, 0) is 55.2 Å². The van der Waals surface area contributed by atoms with E-state index in [9.17, 15) is 18.0 Å². The lowest BCUT2D eigenvalue weighted by molar-refractivity contribution is -0.207. The fourth-order valence-corrected chi connectivity index (χ4v) is 5.21. The van der Waals surface area contributed by atoms with Crippen molar-refractivity contribution in [1.29, 1.82) is 0 Å². The summed E-state index contributed by atoms with van der Waals surface area (Å²) in [4.78, 5) is 20.1. The zero-order chi connectivity index (χ0) is 25.6. The van der Waals surface area contributed by atoms with Gasteiger partial charge in [0.2, 0.25) is 0 Å². The number of carbonyl (C=O) groups is 1. The van der Waals surface area contributed by atoms with E-state index in [0.29, 0.717) is 53.3 Å². The van der Waals surface area contributed by atoms with E-state index >= 15 is 0 Å². The van der Waals surface area contributed by atoms with E-state index in [-0.39, 0.29) is 6.04 Å². The van der Waals surface area contributed by atoms with Crippen molar-refractivity contribution < 1.29 is 36.9 Å². The number of methoxy groups -OCH3 is 3. The third-order valence-corrected chi connectivity index (χ3v) is 6.84. The molecule has 0 saturated heterocycles. The van der Waals surface area contributed by atoms with Gasteiger partial charge in [0.25, 0.3) is 0 Å². The monoisotopic (exact) mass is 502 g/mol. The number of nitrogens with zero attached hydrogens (tertiary/aromatic N) is 1. The van der Waals surface area contributed by atoms with Crippen LogP contribution in [0.3, 0.4) is 0 Å². The predicted molar refractivity (Wildman–Crippen MR) is 126 cm³/mol. The number of ether oxygens (including phenoxy) is 4. The maximum absolute atomic E-state index is 13.0. The molecule has 1 aliphatic heterocycles. The number of nitrogens with one attached hydrogen (secondary N) is 1. The van der Waals surface area contributed by atoms with Crippen LogP contribution < -0.4 is 14.2 Å². The van der Waals surface area contributed by atoms with Gasteiger partial charge in [0, 0.05) is 28.5 Å². The quantitative estimate of drug-likeness (QED) is 0.488. The number of hydrogen-bond acceptors (Lipinski definition) is 6. The summed E-state index contributed by atoms with van der Waals surface area (Å²) in [5, 5.41) is 0.957. The van der Waals surface area contributed by atoms with Gasteiger partial charge >= 0.3 is 12.1 Å². The number of aliphatic imine (C=N–C) groups is 1. The van der Waals surface area contributed by atoms with Crippen molar-refractivity contribution in [1.82, 2.24) is 4.98 Å².